The second kappa shape index (κ2) is 4.32. The Morgan fingerprint density at radius 1 is 1.38 bits per heavy atom. The molecular formula is C11H14N4O. The summed E-state index contributed by atoms with van der Waals surface area (Å²) in [5.41, 5.74) is 7.65. The van der Waals surface area contributed by atoms with Crippen LogP contribution in [0.15, 0.2) is 24.4 Å². The Morgan fingerprint density at radius 2 is 2.19 bits per heavy atom. The molecule has 0 radical (unpaired) electrons. The molecule has 0 bridgehead atoms. The van der Waals surface area contributed by atoms with Crippen molar-refractivity contribution in [3.8, 4) is 11.8 Å². The maximum absolute atomic E-state index is 5.72. The highest BCUT2D eigenvalue weighted by Crippen LogP contribution is 2.18. The van der Waals surface area contributed by atoms with Gasteiger partial charge in [0.15, 0.2) is 0 Å². The summed E-state index contributed by atoms with van der Waals surface area (Å²) in [5.74, 6) is 1.02. The molecule has 5 nitrogen and oxygen atoms in total. The fourth-order valence-corrected chi connectivity index (χ4v) is 1.27. The smallest absolute Gasteiger partial charge is 0.240 e. The highest BCUT2D eigenvalue weighted by atomic mass is 16.5. The van der Waals surface area contributed by atoms with E-state index in [0.29, 0.717) is 11.8 Å². The van der Waals surface area contributed by atoms with Gasteiger partial charge in [-0.3, -0.25) is 5.10 Å². The first-order valence-corrected chi connectivity index (χ1v) is 5.06. The number of pyridine rings is 1. The first-order chi connectivity index (χ1) is 7.65. The molecular weight excluding hydrogens is 204 g/mol. The number of nitrogens with two attached hydrogens (primary N) is 1. The van der Waals surface area contributed by atoms with Crippen LogP contribution in [0.4, 0.5) is 0 Å². The van der Waals surface area contributed by atoms with Crippen LogP contribution in [0.1, 0.15) is 24.2 Å². The average Bonchev–Trinajstić information content (AvgIpc) is 2.65. The molecule has 1 atom stereocenters. The number of rotatable bonds is 3. The van der Waals surface area contributed by atoms with Gasteiger partial charge in [0.05, 0.1) is 0 Å². The van der Waals surface area contributed by atoms with Crippen LogP contribution in [-0.2, 0) is 0 Å². The van der Waals surface area contributed by atoms with Gasteiger partial charge in [-0.15, -0.1) is 5.10 Å². The minimum Gasteiger partial charge on any atom is -0.419 e. The Balaban J connectivity index is 2.11. The molecule has 0 saturated carbocycles. The van der Waals surface area contributed by atoms with E-state index in [1.165, 1.54) is 0 Å². The lowest BCUT2D eigenvalue weighted by Crippen LogP contribution is -2.05. The van der Waals surface area contributed by atoms with Crippen molar-refractivity contribution in [2.75, 3.05) is 0 Å². The standard InChI is InChI=1S/C11H14N4O/c1-7-5-11(15-14-7)16-10-4-3-9(6-13-10)8(2)12/h3-6,8H,12H2,1-2H3,(H,14,15)/t8-/m1/s1. The molecule has 3 N–H and O–H groups in total. The summed E-state index contributed by atoms with van der Waals surface area (Å²) in [6, 6.07) is 5.46. The first kappa shape index (κ1) is 10.6. The van der Waals surface area contributed by atoms with Crippen LogP contribution in [0, 0.1) is 6.92 Å². The fraction of sp³-hybridized carbons (Fsp3) is 0.273. The monoisotopic (exact) mass is 218 g/mol. The van der Waals surface area contributed by atoms with Gasteiger partial charge in [-0.05, 0) is 19.4 Å². The molecule has 0 spiro atoms. The fourth-order valence-electron chi connectivity index (χ4n) is 1.27. The van der Waals surface area contributed by atoms with Crippen molar-refractivity contribution in [1.29, 1.82) is 0 Å². The van der Waals surface area contributed by atoms with E-state index in [0.717, 1.165) is 11.3 Å². The van der Waals surface area contributed by atoms with Gasteiger partial charge in [-0.2, -0.15) is 0 Å². The average molecular weight is 218 g/mol. The van der Waals surface area contributed by atoms with E-state index in [-0.39, 0.29) is 6.04 Å². The Kier molecular flexibility index (Phi) is 2.87. The van der Waals surface area contributed by atoms with E-state index < -0.39 is 0 Å². The number of aromatic nitrogens is 3. The van der Waals surface area contributed by atoms with Gasteiger partial charge in [0.1, 0.15) is 0 Å². The quantitative estimate of drug-likeness (QED) is 0.825. The third kappa shape index (κ3) is 2.38. The number of aryl methyl sites for hydroxylation is 1. The molecule has 2 aromatic heterocycles. The predicted molar refractivity (Wildman–Crippen MR) is 60.2 cm³/mol. The van der Waals surface area contributed by atoms with Crippen LogP contribution in [0.5, 0.6) is 11.8 Å². The van der Waals surface area contributed by atoms with Crippen molar-refractivity contribution in [3.63, 3.8) is 0 Å². The third-order valence-electron chi connectivity index (χ3n) is 2.18. The second-order valence-electron chi connectivity index (χ2n) is 3.71. The van der Waals surface area contributed by atoms with Gasteiger partial charge in [0.25, 0.3) is 0 Å². The molecule has 0 unspecified atom stereocenters. The number of ether oxygens (including phenoxy) is 1. The highest BCUT2D eigenvalue weighted by Gasteiger charge is 2.03. The molecule has 2 rings (SSSR count). The predicted octanol–water partition coefficient (Wildman–Crippen LogP) is 1.93. The molecule has 0 fully saturated rings. The maximum Gasteiger partial charge on any atom is 0.240 e. The first-order valence-electron chi connectivity index (χ1n) is 5.06. The van der Waals surface area contributed by atoms with E-state index in [4.69, 9.17) is 10.5 Å². The lowest BCUT2D eigenvalue weighted by Gasteiger charge is -2.05. The third-order valence-corrected chi connectivity index (χ3v) is 2.18. The van der Waals surface area contributed by atoms with E-state index in [1.807, 2.05) is 19.9 Å². The number of H-pyrrole nitrogens is 1. The molecule has 0 aliphatic heterocycles. The zero-order valence-corrected chi connectivity index (χ0v) is 9.27. The largest absolute Gasteiger partial charge is 0.419 e. The molecule has 2 aromatic rings. The maximum atomic E-state index is 5.72. The summed E-state index contributed by atoms with van der Waals surface area (Å²) in [6.07, 6.45) is 1.71. The summed E-state index contributed by atoms with van der Waals surface area (Å²) in [7, 11) is 0. The van der Waals surface area contributed by atoms with E-state index in [2.05, 4.69) is 15.2 Å². The van der Waals surface area contributed by atoms with E-state index in [1.54, 1.807) is 18.3 Å². The van der Waals surface area contributed by atoms with Crippen LogP contribution < -0.4 is 10.5 Å². The van der Waals surface area contributed by atoms with E-state index in [9.17, 15) is 0 Å². The molecule has 5 heteroatoms. The molecule has 0 aliphatic rings. The van der Waals surface area contributed by atoms with Crippen molar-refractivity contribution in [2.45, 2.75) is 19.9 Å². The van der Waals surface area contributed by atoms with Crippen molar-refractivity contribution >= 4 is 0 Å². The molecule has 2 heterocycles. The molecule has 0 aromatic carbocycles. The lowest BCUT2D eigenvalue weighted by atomic mass is 10.2. The highest BCUT2D eigenvalue weighted by molar-refractivity contribution is 5.24. The van der Waals surface area contributed by atoms with Gasteiger partial charge in [0, 0.05) is 30.1 Å². The number of hydrogen-bond acceptors (Lipinski definition) is 4. The van der Waals surface area contributed by atoms with Crippen LogP contribution in [0.2, 0.25) is 0 Å². The van der Waals surface area contributed by atoms with Crippen molar-refractivity contribution in [1.82, 2.24) is 15.2 Å². The number of aromatic amines is 1. The van der Waals surface area contributed by atoms with Crippen molar-refractivity contribution in [3.05, 3.63) is 35.7 Å². The SMILES string of the molecule is Cc1cc(Oc2ccc([C@@H](C)N)cn2)n[nH]1. The molecule has 0 saturated heterocycles. The summed E-state index contributed by atoms with van der Waals surface area (Å²) >= 11 is 0. The Hall–Kier alpha value is -1.88. The summed E-state index contributed by atoms with van der Waals surface area (Å²) in [5, 5.41) is 6.75. The van der Waals surface area contributed by atoms with Crippen molar-refractivity contribution < 1.29 is 4.74 Å². The summed E-state index contributed by atoms with van der Waals surface area (Å²) < 4.78 is 5.44. The zero-order valence-electron chi connectivity index (χ0n) is 9.27. The number of nitrogens with zero attached hydrogens (tertiary/aromatic N) is 2. The molecule has 0 aliphatic carbocycles. The number of nitrogens with one attached hydrogen (secondary N) is 1. The molecule has 84 valence electrons. The minimum atomic E-state index is -0.0193. The van der Waals surface area contributed by atoms with Crippen LogP contribution >= 0.6 is 0 Å². The molecule has 16 heavy (non-hydrogen) atoms. The van der Waals surface area contributed by atoms with E-state index >= 15 is 0 Å². The molecule has 0 amide bonds. The zero-order chi connectivity index (χ0) is 11.5. The Labute approximate surface area is 93.7 Å². The summed E-state index contributed by atoms with van der Waals surface area (Å²) in [6.45, 7) is 3.82. The van der Waals surface area contributed by atoms with Crippen LogP contribution in [0.25, 0.3) is 0 Å². The Morgan fingerprint density at radius 3 is 2.69 bits per heavy atom. The van der Waals surface area contributed by atoms with Crippen molar-refractivity contribution in [2.24, 2.45) is 5.73 Å². The van der Waals surface area contributed by atoms with Crippen LogP contribution in [-0.4, -0.2) is 15.2 Å². The van der Waals surface area contributed by atoms with Crippen LogP contribution in [0.3, 0.4) is 0 Å². The minimum absolute atomic E-state index is 0.0193. The number of hydrogen-bond donors (Lipinski definition) is 2. The summed E-state index contributed by atoms with van der Waals surface area (Å²) in [4.78, 5) is 4.15. The van der Waals surface area contributed by atoms with Gasteiger partial charge in [0.2, 0.25) is 11.8 Å². The second-order valence-corrected chi connectivity index (χ2v) is 3.71. The normalized spacial score (nSPS) is 12.4. The van der Waals surface area contributed by atoms with Gasteiger partial charge in [-0.25, -0.2) is 4.98 Å². The van der Waals surface area contributed by atoms with Gasteiger partial charge in [-0.1, -0.05) is 6.07 Å². The lowest BCUT2D eigenvalue weighted by molar-refractivity contribution is 0.443. The topological polar surface area (TPSA) is 76.8 Å². The van der Waals surface area contributed by atoms with Gasteiger partial charge < -0.3 is 10.5 Å². The Bertz CT molecular complexity index is 461. The van der Waals surface area contributed by atoms with Gasteiger partial charge >= 0.3 is 0 Å².